The van der Waals surface area contributed by atoms with Gasteiger partial charge in [-0.05, 0) is 6.42 Å². The summed E-state index contributed by atoms with van der Waals surface area (Å²) in [5.74, 6) is 0.162. The molecule has 0 saturated carbocycles. The molecule has 0 fully saturated rings. The smallest absolute Gasteiger partial charge is 0.225 e. The number of amides is 1. The molecule has 0 radical (unpaired) electrons. The Hall–Kier alpha value is -2.94. The van der Waals surface area contributed by atoms with Gasteiger partial charge in [-0.1, -0.05) is 30.3 Å². The molecule has 6 nitrogen and oxygen atoms in total. The maximum atomic E-state index is 11.9. The SMILES string of the molecule is Cn1ncc(C#N)c1NC(=O)CCCC(=O)c1ccccc1. The van der Waals surface area contributed by atoms with Crippen LogP contribution in [0.5, 0.6) is 0 Å². The minimum absolute atomic E-state index is 0.0200. The summed E-state index contributed by atoms with van der Waals surface area (Å²) in [5.41, 5.74) is 0.970. The lowest BCUT2D eigenvalue weighted by molar-refractivity contribution is -0.116. The second kappa shape index (κ2) is 7.18. The average molecular weight is 296 g/mol. The van der Waals surface area contributed by atoms with Crippen molar-refractivity contribution >= 4 is 17.5 Å². The van der Waals surface area contributed by atoms with Crippen molar-refractivity contribution in [2.45, 2.75) is 19.3 Å². The number of hydrogen-bond acceptors (Lipinski definition) is 4. The quantitative estimate of drug-likeness (QED) is 0.828. The van der Waals surface area contributed by atoms with E-state index in [0.717, 1.165) is 0 Å². The summed E-state index contributed by atoms with van der Waals surface area (Å²) < 4.78 is 1.44. The zero-order valence-electron chi connectivity index (χ0n) is 12.2. The number of aryl methyl sites for hydroxylation is 1. The Bertz CT molecular complexity index is 713. The standard InChI is InChI=1S/C16H16N4O2/c1-20-16(13(10-17)11-18-20)19-15(22)9-5-8-14(21)12-6-3-2-4-7-12/h2-4,6-7,11H,5,8-9H2,1H3,(H,19,22). The third kappa shape index (κ3) is 3.79. The van der Waals surface area contributed by atoms with Gasteiger partial charge in [0.25, 0.3) is 0 Å². The van der Waals surface area contributed by atoms with Crippen LogP contribution in [0.1, 0.15) is 35.2 Å². The lowest BCUT2D eigenvalue weighted by Crippen LogP contribution is -2.15. The Labute approximate surface area is 128 Å². The molecule has 2 rings (SSSR count). The van der Waals surface area contributed by atoms with Crippen molar-refractivity contribution in [1.82, 2.24) is 9.78 Å². The van der Waals surface area contributed by atoms with Crippen LogP contribution in [0.25, 0.3) is 0 Å². The van der Waals surface area contributed by atoms with Gasteiger partial charge in [0.05, 0.1) is 6.20 Å². The molecule has 0 atom stereocenters. The molecule has 22 heavy (non-hydrogen) atoms. The Kier molecular flexibility index (Phi) is 5.04. The van der Waals surface area contributed by atoms with Gasteiger partial charge >= 0.3 is 0 Å². The van der Waals surface area contributed by atoms with E-state index in [1.165, 1.54) is 10.9 Å². The molecule has 0 unspecified atom stereocenters. The van der Waals surface area contributed by atoms with Crippen molar-refractivity contribution < 1.29 is 9.59 Å². The molecule has 1 aromatic heterocycles. The lowest BCUT2D eigenvalue weighted by Gasteiger charge is -2.06. The van der Waals surface area contributed by atoms with Crippen molar-refractivity contribution in [1.29, 1.82) is 5.26 Å². The number of hydrogen-bond donors (Lipinski definition) is 1. The van der Waals surface area contributed by atoms with Crippen LogP contribution in [0.15, 0.2) is 36.5 Å². The molecule has 0 aliphatic heterocycles. The van der Waals surface area contributed by atoms with Gasteiger partial charge in [-0.15, -0.1) is 0 Å². The van der Waals surface area contributed by atoms with Gasteiger partial charge in [-0.3, -0.25) is 14.3 Å². The lowest BCUT2D eigenvalue weighted by atomic mass is 10.1. The number of nitriles is 1. The van der Waals surface area contributed by atoms with Gasteiger partial charge in [-0.25, -0.2) is 0 Å². The molecule has 6 heteroatoms. The summed E-state index contributed by atoms with van der Waals surface area (Å²) in [4.78, 5) is 23.8. The van der Waals surface area contributed by atoms with Crippen molar-refractivity contribution in [3.8, 4) is 6.07 Å². The monoisotopic (exact) mass is 296 g/mol. The molecule has 1 aromatic carbocycles. The molecule has 2 aromatic rings. The number of ketones is 1. The number of Topliss-reactive ketones (excluding diaryl/α,β-unsaturated/α-hetero) is 1. The highest BCUT2D eigenvalue weighted by atomic mass is 16.1. The number of aromatic nitrogens is 2. The molecule has 1 heterocycles. The molecule has 1 amide bonds. The second-order valence-corrected chi connectivity index (χ2v) is 4.83. The first-order chi connectivity index (χ1) is 10.6. The molecular weight excluding hydrogens is 280 g/mol. The van der Waals surface area contributed by atoms with Crippen molar-refractivity contribution in [2.75, 3.05) is 5.32 Å². The fourth-order valence-corrected chi connectivity index (χ4v) is 2.04. The summed E-state index contributed by atoms with van der Waals surface area (Å²) in [5, 5.41) is 15.5. The molecule has 0 aliphatic carbocycles. The molecular formula is C16H16N4O2. The molecule has 0 spiro atoms. The van der Waals surface area contributed by atoms with E-state index in [4.69, 9.17) is 5.26 Å². The summed E-state index contributed by atoms with van der Waals surface area (Å²) in [7, 11) is 1.65. The van der Waals surface area contributed by atoms with Crippen LogP contribution in [0.2, 0.25) is 0 Å². The van der Waals surface area contributed by atoms with Crippen LogP contribution in [0, 0.1) is 11.3 Å². The van der Waals surface area contributed by atoms with Crippen LogP contribution in [-0.4, -0.2) is 21.5 Å². The minimum atomic E-state index is -0.235. The van der Waals surface area contributed by atoms with Gasteiger partial charge in [0.15, 0.2) is 5.78 Å². The third-order valence-electron chi connectivity index (χ3n) is 3.22. The molecule has 0 saturated heterocycles. The van der Waals surface area contributed by atoms with Crippen LogP contribution >= 0.6 is 0 Å². The average Bonchev–Trinajstić information content (AvgIpc) is 2.88. The Morgan fingerprint density at radius 2 is 2.00 bits per heavy atom. The van der Waals surface area contributed by atoms with E-state index in [-0.39, 0.29) is 18.1 Å². The molecule has 1 N–H and O–H groups in total. The number of benzene rings is 1. The van der Waals surface area contributed by atoms with Crippen LogP contribution < -0.4 is 5.32 Å². The topological polar surface area (TPSA) is 87.8 Å². The normalized spacial score (nSPS) is 10.0. The fraction of sp³-hybridized carbons (Fsp3) is 0.250. The number of nitrogens with one attached hydrogen (secondary N) is 1. The van der Waals surface area contributed by atoms with Crippen molar-refractivity contribution in [2.24, 2.45) is 7.05 Å². The van der Waals surface area contributed by atoms with Gasteiger partial charge < -0.3 is 5.32 Å². The minimum Gasteiger partial charge on any atom is -0.310 e. The van der Waals surface area contributed by atoms with Gasteiger partial charge in [0, 0.05) is 25.5 Å². The van der Waals surface area contributed by atoms with Crippen LogP contribution in [0.4, 0.5) is 5.82 Å². The number of rotatable bonds is 6. The number of carbonyl (C=O) groups is 2. The number of carbonyl (C=O) groups excluding carboxylic acids is 2. The van der Waals surface area contributed by atoms with Gasteiger partial charge in [-0.2, -0.15) is 10.4 Å². The first-order valence-corrected chi connectivity index (χ1v) is 6.92. The first kappa shape index (κ1) is 15.4. The van der Waals surface area contributed by atoms with Crippen molar-refractivity contribution in [3.05, 3.63) is 47.7 Å². The van der Waals surface area contributed by atoms with Gasteiger partial charge in [0.2, 0.25) is 5.91 Å². The number of anilines is 1. The zero-order chi connectivity index (χ0) is 15.9. The highest BCUT2D eigenvalue weighted by Gasteiger charge is 2.12. The Morgan fingerprint density at radius 3 is 2.68 bits per heavy atom. The molecule has 0 aliphatic rings. The summed E-state index contributed by atoms with van der Waals surface area (Å²) in [6.45, 7) is 0. The van der Waals surface area contributed by atoms with E-state index in [9.17, 15) is 9.59 Å². The van der Waals surface area contributed by atoms with Crippen LogP contribution in [-0.2, 0) is 11.8 Å². The predicted molar refractivity (Wildman–Crippen MR) is 81.2 cm³/mol. The summed E-state index contributed by atoms with van der Waals surface area (Å²) in [6.07, 6.45) is 2.39. The van der Waals surface area contributed by atoms with E-state index in [2.05, 4.69) is 10.4 Å². The Morgan fingerprint density at radius 1 is 1.27 bits per heavy atom. The number of nitrogens with zero attached hydrogens (tertiary/aromatic N) is 3. The van der Waals surface area contributed by atoms with E-state index in [1.54, 1.807) is 19.2 Å². The molecule has 0 bridgehead atoms. The van der Waals surface area contributed by atoms with E-state index < -0.39 is 0 Å². The van der Waals surface area contributed by atoms with E-state index in [1.807, 2.05) is 24.3 Å². The first-order valence-electron chi connectivity index (χ1n) is 6.92. The zero-order valence-corrected chi connectivity index (χ0v) is 12.2. The predicted octanol–water partition coefficient (Wildman–Crippen LogP) is 2.28. The maximum absolute atomic E-state index is 11.9. The van der Waals surface area contributed by atoms with Crippen molar-refractivity contribution in [3.63, 3.8) is 0 Å². The summed E-state index contributed by atoms with van der Waals surface area (Å²) in [6, 6.07) is 11.0. The third-order valence-corrected chi connectivity index (χ3v) is 3.22. The largest absolute Gasteiger partial charge is 0.310 e. The summed E-state index contributed by atoms with van der Waals surface area (Å²) >= 11 is 0. The fourth-order valence-electron chi connectivity index (χ4n) is 2.04. The molecule has 112 valence electrons. The maximum Gasteiger partial charge on any atom is 0.225 e. The van der Waals surface area contributed by atoms with Crippen LogP contribution in [0.3, 0.4) is 0 Å². The van der Waals surface area contributed by atoms with E-state index >= 15 is 0 Å². The highest BCUT2D eigenvalue weighted by Crippen LogP contribution is 2.13. The second-order valence-electron chi connectivity index (χ2n) is 4.83. The highest BCUT2D eigenvalue weighted by molar-refractivity contribution is 5.96. The van der Waals surface area contributed by atoms with Gasteiger partial charge in [0.1, 0.15) is 17.5 Å². The Balaban J connectivity index is 1.83. The van der Waals surface area contributed by atoms with E-state index in [0.29, 0.717) is 29.8 Å².